The monoisotopic (exact) mass is 328 g/mol. The summed E-state index contributed by atoms with van der Waals surface area (Å²) in [5.74, 6) is 4.22. The van der Waals surface area contributed by atoms with Crippen LogP contribution in [0.2, 0.25) is 0 Å². The van der Waals surface area contributed by atoms with Crippen LogP contribution in [-0.2, 0) is 0 Å². The second-order valence-corrected chi connectivity index (χ2v) is 6.98. The number of hydrogen-bond acceptors (Lipinski definition) is 1. The summed E-state index contributed by atoms with van der Waals surface area (Å²) in [7, 11) is 1.00. The van der Waals surface area contributed by atoms with Gasteiger partial charge in [0.05, 0.1) is 0 Å². The maximum absolute atomic E-state index is 7.00. The van der Waals surface area contributed by atoms with E-state index >= 15 is 0 Å². The van der Waals surface area contributed by atoms with Crippen molar-refractivity contribution in [3.05, 3.63) is 0 Å². The molecule has 2 aliphatic carbocycles. The van der Waals surface area contributed by atoms with Crippen molar-refractivity contribution in [3.63, 3.8) is 0 Å². The van der Waals surface area contributed by atoms with E-state index in [0.29, 0.717) is 0 Å². The Labute approximate surface area is 148 Å². The van der Waals surface area contributed by atoms with Crippen molar-refractivity contribution < 1.29 is 5.11 Å². The van der Waals surface area contributed by atoms with Gasteiger partial charge in [-0.3, -0.25) is 0 Å². The highest BCUT2D eigenvalue weighted by Gasteiger charge is 2.30. The molecule has 2 unspecified atom stereocenters. The molecular formula is C22H48O. The first kappa shape index (κ1) is 25.2. The Bertz CT molecular complexity index is 208. The lowest BCUT2D eigenvalue weighted by Gasteiger charge is -2.38. The summed E-state index contributed by atoms with van der Waals surface area (Å²) in [5.41, 5.74) is 0. The molecule has 1 heteroatoms. The Morgan fingerprint density at radius 2 is 1.39 bits per heavy atom. The molecule has 142 valence electrons. The summed E-state index contributed by atoms with van der Waals surface area (Å²) >= 11 is 0. The second-order valence-electron chi connectivity index (χ2n) is 6.98. The van der Waals surface area contributed by atoms with Crippen LogP contribution in [0.4, 0.5) is 0 Å². The number of rotatable bonds is 7. The van der Waals surface area contributed by atoms with E-state index in [1.165, 1.54) is 70.6 Å². The molecule has 0 aromatic rings. The fourth-order valence-electron chi connectivity index (χ4n) is 4.13. The van der Waals surface area contributed by atoms with Crippen molar-refractivity contribution in [1.82, 2.24) is 0 Å². The summed E-state index contributed by atoms with van der Waals surface area (Å²) in [4.78, 5) is 0. The molecule has 2 rings (SSSR count). The van der Waals surface area contributed by atoms with Crippen molar-refractivity contribution >= 4 is 0 Å². The average molecular weight is 329 g/mol. The van der Waals surface area contributed by atoms with Gasteiger partial charge in [-0.15, -0.1) is 0 Å². The molecule has 2 aliphatic rings. The van der Waals surface area contributed by atoms with E-state index in [1.807, 2.05) is 27.7 Å². The van der Waals surface area contributed by atoms with Crippen LogP contribution in [-0.4, -0.2) is 12.2 Å². The van der Waals surface area contributed by atoms with Gasteiger partial charge < -0.3 is 5.11 Å². The van der Waals surface area contributed by atoms with Crippen LogP contribution in [0.1, 0.15) is 112 Å². The molecule has 2 saturated carbocycles. The van der Waals surface area contributed by atoms with Crippen LogP contribution in [0.3, 0.4) is 0 Å². The van der Waals surface area contributed by atoms with E-state index in [-0.39, 0.29) is 0 Å². The van der Waals surface area contributed by atoms with Gasteiger partial charge in [-0.05, 0) is 30.1 Å². The van der Waals surface area contributed by atoms with Crippen molar-refractivity contribution in [2.45, 2.75) is 112 Å². The van der Waals surface area contributed by atoms with Gasteiger partial charge in [-0.2, -0.15) is 0 Å². The predicted octanol–water partition coefficient (Wildman–Crippen LogP) is 7.47. The zero-order valence-electron chi connectivity index (χ0n) is 17.5. The zero-order chi connectivity index (χ0) is 18.1. The first-order chi connectivity index (χ1) is 11.3. The Hall–Kier alpha value is -0.0400. The lowest BCUT2D eigenvalue weighted by atomic mass is 9.67. The van der Waals surface area contributed by atoms with E-state index in [2.05, 4.69) is 13.8 Å². The van der Waals surface area contributed by atoms with Gasteiger partial charge in [-0.1, -0.05) is 106 Å². The Kier molecular flexibility index (Phi) is 20.1. The van der Waals surface area contributed by atoms with E-state index in [9.17, 15) is 0 Å². The minimum Gasteiger partial charge on any atom is -0.400 e. The zero-order valence-corrected chi connectivity index (χ0v) is 17.5. The van der Waals surface area contributed by atoms with Gasteiger partial charge in [0.1, 0.15) is 0 Å². The van der Waals surface area contributed by atoms with Gasteiger partial charge >= 0.3 is 0 Å². The number of aliphatic hydroxyl groups is 1. The molecule has 0 aromatic heterocycles. The standard InChI is InChI=1S/C17H32.2C2H6.CH4O/c1-14(17-13-12-15(17)2)8-4-3-5-9-16-10-6-7-11-16;3*1-2/h14-17H,3-13H2,1-2H3;2*1-2H3;2H,1H3/t14?,15?,17-;;;/m0.../s1. The van der Waals surface area contributed by atoms with Crippen molar-refractivity contribution in [3.8, 4) is 0 Å². The Balaban J connectivity index is 0. The van der Waals surface area contributed by atoms with E-state index in [4.69, 9.17) is 5.11 Å². The highest BCUT2D eigenvalue weighted by atomic mass is 16.2. The maximum atomic E-state index is 7.00. The molecule has 0 radical (unpaired) electrons. The van der Waals surface area contributed by atoms with Crippen LogP contribution < -0.4 is 0 Å². The highest BCUT2D eigenvalue weighted by molar-refractivity contribution is 4.81. The molecule has 3 atom stereocenters. The lowest BCUT2D eigenvalue weighted by molar-refractivity contribution is 0.121. The molecule has 1 nitrogen and oxygen atoms in total. The molecular weight excluding hydrogens is 280 g/mol. The molecule has 0 amide bonds. The minimum absolute atomic E-state index is 1.00. The van der Waals surface area contributed by atoms with Gasteiger partial charge in [0.2, 0.25) is 0 Å². The Morgan fingerprint density at radius 3 is 1.83 bits per heavy atom. The fourth-order valence-corrected chi connectivity index (χ4v) is 4.13. The third kappa shape index (κ3) is 11.2. The van der Waals surface area contributed by atoms with Crippen LogP contribution in [0.5, 0.6) is 0 Å². The molecule has 2 fully saturated rings. The summed E-state index contributed by atoms with van der Waals surface area (Å²) in [6.07, 6.45) is 16.7. The molecule has 0 heterocycles. The van der Waals surface area contributed by atoms with Crippen molar-refractivity contribution in [1.29, 1.82) is 0 Å². The van der Waals surface area contributed by atoms with E-state index in [1.54, 1.807) is 0 Å². The molecule has 23 heavy (non-hydrogen) atoms. The number of hydrogen-bond donors (Lipinski definition) is 1. The molecule has 1 N–H and O–H groups in total. The summed E-state index contributed by atoms with van der Waals surface area (Å²) in [6, 6.07) is 0. The fraction of sp³-hybridized carbons (Fsp3) is 1.00. The lowest BCUT2D eigenvalue weighted by Crippen LogP contribution is -2.29. The maximum Gasteiger partial charge on any atom is 0.0319 e. The average Bonchev–Trinajstić information content (AvgIpc) is 3.12. The molecule has 0 aliphatic heterocycles. The van der Waals surface area contributed by atoms with Crippen LogP contribution in [0.15, 0.2) is 0 Å². The predicted molar refractivity (Wildman–Crippen MR) is 107 cm³/mol. The topological polar surface area (TPSA) is 20.2 Å². The third-order valence-electron chi connectivity index (χ3n) is 5.66. The smallest absolute Gasteiger partial charge is 0.0319 e. The largest absolute Gasteiger partial charge is 0.400 e. The molecule has 0 spiro atoms. The highest BCUT2D eigenvalue weighted by Crippen LogP contribution is 2.41. The van der Waals surface area contributed by atoms with Crippen LogP contribution in [0.25, 0.3) is 0 Å². The van der Waals surface area contributed by atoms with Gasteiger partial charge in [-0.25, -0.2) is 0 Å². The van der Waals surface area contributed by atoms with E-state index in [0.717, 1.165) is 30.8 Å². The van der Waals surface area contributed by atoms with Crippen molar-refractivity contribution in [2.24, 2.45) is 23.7 Å². The number of unbranched alkanes of at least 4 members (excludes halogenated alkanes) is 2. The van der Waals surface area contributed by atoms with Crippen LogP contribution in [0, 0.1) is 23.7 Å². The number of aliphatic hydroxyl groups excluding tert-OH is 1. The summed E-state index contributed by atoms with van der Waals surface area (Å²) < 4.78 is 0. The molecule has 0 saturated heterocycles. The normalized spacial score (nSPS) is 24.0. The van der Waals surface area contributed by atoms with Crippen LogP contribution >= 0.6 is 0 Å². The minimum atomic E-state index is 1.00. The molecule has 0 bridgehead atoms. The summed E-state index contributed by atoms with van der Waals surface area (Å²) in [5, 5.41) is 7.00. The van der Waals surface area contributed by atoms with Crippen molar-refractivity contribution in [2.75, 3.05) is 7.11 Å². The molecule has 0 aromatic carbocycles. The first-order valence-electron chi connectivity index (χ1n) is 10.7. The van der Waals surface area contributed by atoms with Gasteiger partial charge in [0, 0.05) is 7.11 Å². The quantitative estimate of drug-likeness (QED) is 0.480. The second kappa shape index (κ2) is 18.3. The summed E-state index contributed by atoms with van der Waals surface area (Å²) in [6.45, 7) is 12.9. The Morgan fingerprint density at radius 1 is 0.826 bits per heavy atom. The van der Waals surface area contributed by atoms with Gasteiger partial charge in [0.25, 0.3) is 0 Å². The SMILES string of the molecule is CC.CC.CC(CCCCCC1CCCC1)[C@@H]1CCC1C.CO. The van der Waals surface area contributed by atoms with Gasteiger partial charge in [0.15, 0.2) is 0 Å². The first-order valence-corrected chi connectivity index (χ1v) is 10.7. The third-order valence-corrected chi connectivity index (χ3v) is 5.66. The van der Waals surface area contributed by atoms with E-state index < -0.39 is 0 Å².